The van der Waals surface area contributed by atoms with Crippen molar-refractivity contribution in [3.63, 3.8) is 0 Å². The number of ether oxygens (including phenoxy) is 2. The fourth-order valence-electron chi connectivity index (χ4n) is 6.10. The van der Waals surface area contributed by atoms with Crippen molar-refractivity contribution in [1.29, 1.82) is 0 Å². The van der Waals surface area contributed by atoms with Crippen molar-refractivity contribution in [2.24, 2.45) is 0 Å². The average molecular weight is 538 g/mol. The van der Waals surface area contributed by atoms with Crippen molar-refractivity contribution >= 4 is 18.7 Å². The molecule has 4 aromatic carbocycles. The van der Waals surface area contributed by atoms with E-state index in [0.717, 1.165) is 11.3 Å². The van der Waals surface area contributed by atoms with Gasteiger partial charge < -0.3 is 19.2 Å². The first-order valence-corrected chi connectivity index (χ1v) is 15.6. The number of rotatable bonds is 7. The number of hydrogen-bond acceptors (Lipinski definition) is 4. The molecule has 0 aromatic heterocycles. The third-order valence-electron chi connectivity index (χ3n) is 7.97. The molecule has 39 heavy (non-hydrogen) atoms. The molecule has 4 aromatic rings. The second-order valence-corrected chi connectivity index (χ2v) is 15.6. The Kier molecular flexibility index (Phi) is 7.67. The van der Waals surface area contributed by atoms with Crippen LogP contribution in [0.15, 0.2) is 103 Å². The quantitative estimate of drug-likeness (QED) is 0.266. The fourth-order valence-corrected chi connectivity index (χ4v) is 10.8. The zero-order valence-electron chi connectivity index (χ0n) is 23.8. The molecule has 1 aliphatic rings. The summed E-state index contributed by atoms with van der Waals surface area (Å²) in [6.45, 7) is 9.18. The van der Waals surface area contributed by atoms with Crippen molar-refractivity contribution in [3.8, 4) is 11.5 Å². The van der Waals surface area contributed by atoms with Gasteiger partial charge in [-0.15, -0.1) is 0 Å². The maximum Gasteiger partial charge on any atom is 0.261 e. The minimum Gasteiger partial charge on any atom is -0.493 e. The topological polar surface area (TPSA) is 39.7 Å². The van der Waals surface area contributed by atoms with Crippen LogP contribution in [0.2, 0.25) is 5.04 Å². The van der Waals surface area contributed by atoms with Gasteiger partial charge in [0.25, 0.3) is 8.32 Å². The standard InChI is InChI=1S/C34H39NO3Si/c1-24-28-22-30(36-5)31(37-6)23-29(28)33(32(35-24)25-16-10-7-11-17-25)38-39(34(2,3)4,26-18-12-8-13-19-26)27-20-14-9-15-21-27/h7-24,32-33,35H,1-6H3/t24-,32+,33-/m0/s1. The molecule has 0 aliphatic carbocycles. The summed E-state index contributed by atoms with van der Waals surface area (Å²) >= 11 is 0. The van der Waals surface area contributed by atoms with Crippen LogP contribution in [-0.4, -0.2) is 22.5 Å². The molecule has 0 saturated heterocycles. The highest BCUT2D eigenvalue weighted by Gasteiger charge is 2.53. The van der Waals surface area contributed by atoms with Crippen LogP contribution in [0.25, 0.3) is 0 Å². The summed E-state index contributed by atoms with van der Waals surface area (Å²) in [6, 6.07) is 36.6. The normalized spacial score (nSPS) is 19.3. The van der Waals surface area contributed by atoms with Crippen LogP contribution in [0.4, 0.5) is 0 Å². The molecule has 1 aliphatic heterocycles. The van der Waals surface area contributed by atoms with Crippen LogP contribution in [0.5, 0.6) is 11.5 Å². The van der Waals surface area contributed by atoms with Crippen LogP contribution in [0.1, 0.15) is 62.6 Å². The summed E-state index contributed by atoms with van der Waals surface area (Å²) in [5.41, 5.74) is 3.51. The zero-order chi connectivity index (χ0) is 27.6. The van der Waals surface area contributed by atoms with Gasteiger partial charge in [-0.25, -0.2) is 0 Å². The van der Waals surface area contributed by atoms with E-state index in [1.807, 2.05) is 0 Å². The molecule has 1 N–H and O–H groups in total. The van der Waals surface area contributed by atoms with Crippen LogP contribution in [0, 0.1) is 0 Å². The van der Waals surface area contributed by atoms with Crippen molar-refractivity contribution < 1.29 is 13.9 Å². The lowest BCUT2D eigenvalue weighted by molar-refractivity contribution is 0.122. The van der Waals surface area contributed by atoms with Crippen LogP contribution < -0.4 is 25.2 Å². The van der Waals surface area contributed by atoms with E-state index in [-0.39, 0.29) is 23.2 Å². The second kappa shape index (κ2) is 11.0. The van der Waals surface area contributed by atoms with Gasteiger partial charge in [-0.2, -0.15) is 0 Å². The van der Waals surface area contributed by atoms with Crippen molar-refractivity contribution in [2.45, 2.75) is 50.9 Å². The molecule has 5 rings (SSSR count). The lowest BCUT2D eigenvalue weighted by Gasteiger charge is -2.49. The van der Waals surface area contributed by atoms with Crippen molar-refractivity contribution in [1.82, 2.24) is 5.32 Å². The van der Waals surface area contributed by atoms with Gasteiger partial charge in [-0.05, 0) is 51.2 Å². The van der Waals surface area contributed by atoms with Crippen LogP contribution in [0.3, 0.4) is 0 Å². The van der Waals surface area contributed by atoms with Crippen molar-refractivity contribution in [3.05, 3.63) is 120 Å². The highest BCUT2D eigenvalue weighted by atomic mass is 28.4. The first kappa shape index (κ1) is 27.2. The second-order valence-electron chi connectivity index (χ2n) is 11.3. The Balaban J connectivity index is 1.79. The molecular weight excluding hydrogens is 498 g/mol. The summed E-state index contributed by atoms with van der Waals surface area (Å²) in [7, 11) is 0.521. The summed E-state index contributed by atoms with van der Waals surface area (Å²) in [5, 5.41) is 6.27. The first-order valence-electron chi connectivity index (χ1n) is 13.7. The summed E-state index contributed by atoms with van der Waals surface area (Å²) in [5.74, 6) is 1.44. The Bertz CT molecular complexity index is 1350. The molecule has 0 radical (unpaired) electrons. The summed E-state index contributed by atoms with van der Waals surface area (Å²) in [6.07, 6.45) is -0.260. The van der Waals surface area contributed by atoms with Gasteiger partial charge in [0.05, 0.1) is 26.4 Å². The number of methoxy groups -OCH3 is 2. The average Bonchev–Trinajstić information content (AvgIpc) is 2.96. The maximum absolute atomic E-state index is 7.81. The van der Waals surface area contributed by atoms with Crippen LogP contribution in [-0.2, 0) is 4.43 Å². The Morgan fingerprint density at radius 2 is 1.13 bits per heavy atom. The largest absolute Gasteiger partial charge is 0.493 e. The van der Waals surface area contributed by atoms with Gasteiger partial charge in [0, 0.05) is 6.04 Å². The van der Waals surface area contributed by atoms with Crippen LogP contribution >= 0.6 is 0 Å². The van der Waals surface area contributed by atoms with E-state index in [2.05, 4.69) is 136 Å². The van der Waals surface area contributed by atoms with E-state index < -0.39 is 8.32 Å². The van der Waals surface area contributed by atoms with E-state index in [9.17, 15) is 0 Å². The molecule has 3 atom stereocenters. The minimum absolute atomic E-state index is 0.0477. The summed E-state index contributed by atoms with van der Waals surface area (Å²) in [4.78, 5) is 0. The number of nitrogens with one attached hydrogen (secondary N) is 1. The molecule has 0 bridgehead atoms. The third kappa shape index (κ3) is 4.91. The minimum atomic E-state index is -2.86. The molecule has 0 amide bonds. The van der Waals surface area contributed by atoms with Gasteiger partial charge >= 0.3 is 0 Å². The van der Waals surface area contributed by atoms with Crippen molar-refractivity contribution in [2.75, 3.05) is 14.2 Å². The van der Waals surface area contributed by atoms with E-state index >= 15 is 0 Å². The number of benzene rings is 4. The van der Waals surface area contributed by atoms with Gasteiger partial charge in [0.1, 0.15) is 0 Å². The maximum atomic E-state index is 7.81. The van der Waals surface area contributed by atoms with Gasteiger partial charge in [-0.3, -0.25) is 0 Å². The highest BCUT2D eigenvalue weighted by molar-refractivity contribution is 6.99. The summed E-state index contributed by atoms with van der Waals surface area (Å²) < 4.78 is 19.3. The molecule has 0 fully saturated rings. The monoisotopic (exact) mass is 537 g/mol. The first-order chi connectivity index (χ1) is 18.8. The Labute approximate surface area is 234 Å². The molecule has 0 saturated carbocycles. The van der Waals surface area contributed by atoms with E-state index in [1.165, 1.54) is 21.5 Å². The third-order valence-corrected chi connectivity index (χ3v) is 13.0. The molecular formula is C34H39NO3Si. The van der Waals surface area contributed by atoms with E-state index in [0.29, 0.717) is 5.75 Å². The van der Waals surface area contributed by atoms with Gasteiger partial charge in [-0.1, -0.05) is 112 Å². The van der Waals surface area contributed by atoms with Gasteiger partial charge in [0.2, 0.25) is 0 Å². The highest BCUT2D eigenvalue weighted by Crippen LogP contribution is 2.49. The number of fused-ring (bicyclic) bond motifs is 1. The van der Waals surface area contributed by atoms with E-state index in [4.69, 9.17) is 13.9 Å². The zero-order valence-corrected chi connectivity index (χ0v) is 24.8. The molecule has 1 heterocycles. The molecule has 0 unspecified atom stereocenters. The molecule has 202 valence electrons. The Morgan fingerprint density at radius 3 is 1.59 bits per heavy atom. The fraction of sp³-hybridized carbons (Fsp3) is 0.294. The predicted octanol–water partition coefficient (Wildman–Crippen LogP) is 6.73. The predicted molar refractivity (Wildman–Crippen MR) is 162 cm³/mol. The lowest BCUT2D eigenvalue weighted by Crippen LogP contribution is -2.67. The van der Waals surface area contributed by atoms with E-state index in [1.54, 1.807) is 14.2 Å². The van der Waals surface area contributed by atoms with Gasteiger partial charge in [0.15, 0.2) is 11.5 Å². The number of hydrogen-bond donors (Lipinski definition) is 1. The SMILES string of the molecule is COc1cc2c(cc1OC)[C@H](O[Si](c1ccccc1)(c1ccccc1)C(C)(C)C)[C@@H](c1ccccc1)N[C@H]2C. The Hall–Kier alpha value is -3.38. The smallest absolute Gasteiger partial charge is 0.261 e. The molecule has 4 nitrogen and oxygen atoms in total. The Morgan fingerprint density at radius 1 is 0.667 bits per heavy atom. The lowest BCUT2D eigenvalue weighted by atomic mass is 9.85. The molecule has 5 heteroatoms. The molecule has 0 spiro atoms.